The van der Waals surface area contributed by atoms with E-state index >= 15 is 0 Å². The van der Waals surface area contributed by atoms with Gasteiger partial charge in [-0.3, -0.25) is 5.73 Å². The van der Waals surface area contributed by atoms with Gasteiger partial charge in [0.15, 0.2) is 6.23 Å². The number of hydrogen-bond acceptors (Lipinski definition) is 4. The van der Waals surface area contributed by atoms with Gasteiger partial charge in [-0.25, -0.2) is 4.79 Å². The zero-order chi connectivity index (χ0) is 7.98. The number of ether oxygens (including phenoxy) is 2. The fraction of sp³-hybridized carbons (Fsp3) is 0.833. The Labute approximate surface area is 60.3 Å². The normalized spacial score (nSPS) is 12.3. The van der Waals surface area contributed by atoms with Crippen LogP contribution in [0.5, 0.6) is 0 Å². The summed E-state index contributed by atoms with van der Waals surface area (Å²) < 4.78 is 9.03. The predicted octanol–water partition coefficient (Wildman–Crippen LogP) is 0.854. The molecule has 0 heterocycles. The summed E-state index contributed by atoms with van der Waals surface area (Å²) in [5.74, 6) is 0. The van der Waals surface area contributed by atoms with Gasteiger partial charge in [0, 0.05) is 0 Å². The molecule has 0 aromatic carbocycles. The SMILES string of the molecule is CCCOC(=O)OC(C)N. The van der Waals surface area contributed by atoms with Gasteiger partial charge in [0.25, 0.3) is 0 Å². The lowest BCUT2D eigenvalue weighted by Gasteiger charge is -2.06. The molecule has 1 atom stereocenters. The minimum atomic E-state index is -0.697. The van der Waals surface area contributed by atoms with Crippen molar-refractivity contribution in [3.8, 4) is 0 Å². The van der Waals surface area contributed by atoms with Crippen molar-refractivity contribution in [1.82, 2.24) is 0 Å². The standard InChI is InChI=1S/C6H13NO3/c1-3-4-9-6(8)10-5(2)7/h5H,3-4,7H2,1-2H3. The molecule has 10 heavy (non-hydrogen) atoms. The number of nitrogens with two attached hydrogens (primary N) is 1. The van der Waals surface area contributed by atoms with Crippen molar-refractivity contribution in [2.24, 2.45) is 5.73 Å². The lowest BCUT2D eigenvalue weighted by molar-refractivity contribution is 0.0313. The molecule has 60 valence electrons. The average Bonchev–Trinajstić information content (AvgIpc) is 1.82. The third-order valence-corrected chi connectivity index (χ3v) is 0.706. The Morgan fingerprint density at radius 2 is 2.30 bits per heavy atom. The number of carbonyl (C=O) groups is 1. The molecule has 2 N–H and O–H groups in total. The number of hydrogen-bond donors (Lipinski definition) is 1. The summed E-state index contributed by atoms with van der Waals surface area (Å²) in [4.78, 5) is 10.5. The zero-order valence-corrected chi connectivity index (χ0v) is 6.29. The van der Waals surface area contributed by atoms with Crippen molar-refractivity contribution in [3.05, 3.63) is 0 Å². The summed E-state index contributed by atoms with van der Waals surface area (Å²) in [6, 6.07) is 0. The Bertz CT molecular complexity index is 103. The molecular formula is C6H13NO3. The number of rotatable bonds is 3. The average molecular weight is 147 g/mol. The highest BCUT2D eigenvalue weighted by Gasteiger charge is 2.04. The summed E-state index contributed by atoms with van der Waals surface area (Å²) in [5, 5.41) is 0. The van der Waals surface area contributed by atoms with Crippen molar-refractivity contribution in [3.63, 3.8) is 0 Å². The first-order chi connectivity index (χ1) is 4.66. The molecule has 0 saturated carbocycles. The van der Waals surface area contributed by atoms with E-state index in [1.165, 1.54) is 0 Å². The molecule has 0 aliphatic carbocycles. The van der Waals surface area contributed by atoms with Gasteiger partial charge in [0.1, 0.15) is 0 Å². The molecule has 0 aliphatic rings. The van der Waals surface area contributed by atoms with Crippen molar-refractivity contribution in [2.75, 3.05) is 6.61 Å². The van der Waals surface area contributed by atoms with Gasteiger partial charge in [-0.2, -0.15) is 0 Å². The molecule has 1 unspecified atom stereocenters. The zero-order valence-electron chi connectivity index (χ0n) is 6.29. The van der Waals surface area contributed by atoms with Gasteiger partial charge < -0.3 is 9.47 Å². The van der Waals surface area contributed by atoms with Gasteiger partial charge in [-0.15, -0.1) is 0 Å². The van der Waals surface area contributed by atoms with Gasteiger partial charge >= 0.3 is 6.16 Å². The summed E-state index contributed by atoms with van der Waals surface area (Å²) in [7, 11) is 0. The molecule has 0 aromatic heterocycles. The van der Waals surface area contributed by atoms with Crippen LogP contribution in [0.1, 0.15) is 20.3 Å². The van der Waals surface area contributed by atoms with E-state index in [4.69, 9.17) is 5.73 Å². The third-order valence-electron chi connectivity index (χ3n) is 0.706. The van der Waals surface area contributed by atoms with E-state index in [0.29, 0.717) is 6.61 Å². The highest BCUT2D eigenvalue weighted by molar-refractivity contribution is 5.59. The smallest absolute Gasteiger partial charge is 0.434 e. The van der Waals surface area contributed by atoms with E-state index in [2.05, 4.69) is 9.47 Å². The quantitative estimate of drug-likeness (QED) is 0.475. The van der Waals surface area contributed by atoms with Crippen LogP contribution in [0.25, 0.3) is 0 Å². The van der Waals surface area contributed by atoms with Gasteiger partial charge in [-0.1, -0.05) is 6.92 Å². The molecule has 0 fully saturated rings. The predicted molar refractivity (Wildman–Crippen MR) is 36.4 cm³/mol. The molecule has 0 radical (unpaired) electrons. The molecule has 0 rings (SSSR count). The Balaban J connectivity index is 3.26. The molecule has 0 spiro atoms. The first-order valence-electron chi connectivity index (χ1n) is 3.25. The second kappa shape index (κ2) is 5.05. The first-order valence-corrected chi connectivity index (χ1v) is 3.25. The lowest BCUT2D eigenvalue weighted by Crippen LogP contribution is -2.23. The molecular weight excluding hydrogens is 134 g/mol. The molecule has 0 amide bonds. The minimum absolute atomic E-state index is 0.381. The summed E-state index contributed by atoms with van der Waals surface area (Å²) in [6.45, 7) is 3.85. The van der Waals surface area contributed by atoms with E-state index in [0.717, 1.165) is 6.42 Å². The minimum Gasteiger partial charge on any atom is -0.434 e. The molecule has 4 heteroatoms. The molecule has 0 saturated heterocycles. The van der Waals surface area contributed by atoms with Crippen molar-refractivity contribution in [1.29, 1.82) is 0 Å². The van der Waals surface area contributed by atoms with E-state index < -0.39 is 12.4 Å². The number of carbonyl (C=O) groups excluding carboxylic acids is 1. The van der Waals surface area contributed by atoms with Crippen LogP contribution in [0, 0.1) is 0 Å². The van der Waals surface area contributed by atoms with Crippen LogP contribution in [0.4, 0.5) is 4.79 Å². The molecule has 0 bridgehead atoms. The molecule has 0 aliphatic heterocycles. The van der Waals surface area contributed by atoms with Crippen molar-refractivity contribution >= 4 is 6.16 Å². The van der Waals surface area contributed by atoms with Crippen LogP contribution in [0.15, 0.2) is 0 Å². The van der Waals surface area contributed by atoms with Crippen LogP contribution in [0.3, 0.4) is 0 Å². The van der Waals surface area contributed by atoms with Crippen molar-refractivity contribution < 1.29 is 14.3 Å². The highest BCUT2D eigenvalue weighted by Crippen LogP contribution is 1.89. The lowest BCUT2D eigenvalue weighted by atomic mass is 10.5. The van der Waals surface area contributed by atoms with Crippen molar-refractivity contribution in [2.45, 2.75) is 26.5 Å². The molecule has 0 aromatic rings. The maximum atomic E-state index is 10.5. The van der Waals surface area contributed by atoms with Gasteiger partial charge in [0.2, 0.25) is 0 Å². The first kappa shape index (κ1) is 9.23. The Hall–Kier alpha value is -0.770. The van der Waals surface area contributed by atoms with Crippen LogP contribution in [-0.2, 0) is 9.47 Å². The van der Waals surface area contributed by atoms with Crippen LogP contribution < -0.4 is 5.73 Å². The Kier molecular flexibility index (Phi) is 4.66. The van der Waals surface area contributed by atoms with E-state index in [1.807, 2.05) is 6.92 Å². The van der Waals surface area contributed by atoms with Crippen LogP contribution in [-0.4, -0.2) is 19.0 Å². The third kappa shape index (κ3) is 5.37. The van der Waals surface area contributed by atoms with Gasteiger partial charge in [0.05, 0.1) is 6.61 Å². The largest absolute Gasteiger partial charge is 0.509 e. The monoisotopic (exact) mass is 147 g/mol. The van der Waals surface area contributed by atoms with E-state index in [1.54, 1.807) is 6.92 Å². The second-order valence-electron chi connectivity index (χ2n) is 1.92. The topological polar surface area (TPSA) is 61.5 Å². The van der Waals surface area contributed by atoms with Crippen LogP contribution >= 0.6 is 0 Å². The summed E-state index contributed by atoms with van der Waals surface area (Å²) in [5.41, 5.74) is 5.14. The highest BCUT2D eigenvalue weighted by atomic mass is 16.7. The maximum Gasteiger partial charge on any atom is 0.509 e. The Morgan fingerprint density at radius 3 is 2.70 bits per heavy atom. The Morgan fingerprint density at radius 1 is 1.70 bits per heavy atom. The summed E-state index contributed by atoms with van der Waals surface area (Å²) >= 11 is 0. The fourth-order valence-electron chi connectivity index (χ4n) is 0.371. The van der Waals surface area contributed by atoms with E-state index in [-0.39, 0.29) is 0 Å². The molecule has 4 nitrogen and oxygen atoms in total. The van der Waals surface area contributed by atoms with Crippen LogP contribution in [0.2, 0.25) is 0 Å². The fourth-order valence-corrected chi connectivity index (χ4v) is 0.371. The maximum absolute atomic E-state index is 10.5. The summed E-state index contributed by atoms with van der Waals surface area (Å²) in [6.07, 6.45) is -0.505. The van der Waals surface area contributed by atoms with E-state index in [9.17, 15) is 4.79 Å². The second-order valence-corrected chi connectivity index (χ2v) is 1.92. The van der Waals surface area contributed by atoms with Gasteiger partial charge in [-0.05, 0) is 13.3 Å².